The molecule has 162 valence electrons. The molecule has 0 bridgehead atoms. The van der Waals surface area contributed by atoms with Crippen LogP contribution >= 0.6 is 23.2 Å². The third-order valence-electron chi connectivity index (χ3n) is 4.67. The van der Waals surface area contributed by atoms with Crippen LogP contribution in [0.1, 0.15) is 36.0 Å². The SMILES string of the molecule is NS(=O)(=O)c1ccc(NC(=O)c2cc(S(=O)(=O)NC3CCCC3)c(Cl)cc2Cl)cc1. The van der Waals surface area contributed by atoms with Crippen LogP contribution in [0.2, 0.25) is 10.0 Å². The van der Waals surface area contributed by atoms with Gasteiger partial charge < -0.3 is 5.32 Å². The minimum Gasteiger partial charge on any atom is -0.322 e. The standard InChI is InChI=1S/C18H19Cl2N3O5S2/c19-15-10-16(20)17(30(27,28)23-12-3-1-2-4-12)9-14(15)18(24)22-11-5-7-13(8-6-11)29(21,25)26/h5-10,12,23H,1-4H2,(H,22,24)(H2,21,25,26). The molecule has 0 aliphatic heterocycles. The smallest absolute Gasteiger partial charge is 0.257 e. The lowest BCUT2D eigenvalue weighted by Crippen LogP contribution is -2.33. The first-order valence-electron chi connectivity index (χ1n) is 8.93. The molecule has 3 rings (SSSR count). The minimum absolute atomic E-state index is 0.0292. The number of carbonyl (C=O) groups is 1. The number of rotatable bonds is 6. The first kappa shape index (κ1) is 23.0. The highest BCUT2D eigenvalue weighted by Gasteiger charge is 2.27. The number of amides is 1. The van der Waals surface area contributed by atoms with E-state index in [2.05, 4.69) is 10.0 Å². The molecule has 0 heterocycles. The summed E-state index contributed by atoms with van der Waals surface area (Å²) in [6.45, 7) is 0. The second-order valence-corrected chi connectivity index (χ2v) is 10.9. The third kappa shape index (κ3) is 5.32. The highest BCUT2D eigenvalue weighted by Crippen LogP contribution is 2.30. The van der Waals surface area contributed by atoms with Gasteiger partial charge in [0.1, 0.15) is 4.90 Å². The van der Waals surface area contributed by atoms with Crippen molar-refractivity contribution in [1.82, 2.24) is 4.72 Å². The van der Waals surface area contributed by atoms with Crippen molar-refractivity contribution in [3.8, 4) is 0 Å². The molecule has 8 nitrogen and oxygen atoms in total. The Hall–Kier alpha value is -1.69. The predicted octanol–water partition coefficient (Wildman–Crippen LogP) is 3.11. The summed E-state index contributed by atoms with van der Waals surface area (Å²) >= 11 is 12.2. The van der Waals surface area contributed by atoms with Crippen LogP contribution < -0.4 is 15.2 Å². The van der Waals surface area contributed by atoms with Gasteiger partial charge in [0, 0.05) is 11.7 Å². The fraction of sp³-hybridized carbons (Fsp3) is 0.278. The number of primary sulfonamides is 1. The second kappa shape index (κ2) is 8.81. The molecule has 1 saturated carbocycles. The summed E-state index contributed by atoms with van der Waals surface area (Å²) in [7, 11) is -7.81. The molecule has 2 aromatic rings. The van der Waals surface area contributed by atoms with Crippen LogP contribution in [-0.4, -0.2) is 28.8 Å². The van der Waals surface area contributed by atoms with E-state index in [9.17, 15) is 21.6 Å². The average molecular weight is 492 g/mol. The van der Waals surface area contributed by atoms with Gasteiger partial charge in [0.2, 0.25) is 20.0 Å². The number of hydrogen-bond acceptors (Lipinski definition) is 5. The van der Waals surface area contributed by atoms with E-state index in [1.165, 1.54) is 30.3 Å². The van der Waals surface area contributed by atoms with Gasteiger partial charge in [-0.25, -0.2) is 26.7 Å². The summed E-state index contributed by atoms with van der Waals surface area (Å²) in [6.07, 6.45) is 3.37. The van der Waals surface area contributed by atoms with Gasteiger partial charge in [-0.15, -0.1) is 0 Å². The van der Waals surface area contributed by atoms with Crippen LogP contribution in [0, 0.1) is 0 Å². The number of nitrogens with one attached hydrogen (secondary N) is 2. The lowest BCUT2D eigenvalue weighted by atomic mass is 10.2. The summed E-state index contributed by atoms with van der Waals surface area (Å²) in [5, 5.41) is 7.45. The molecular formula is C18H19Cl2N3O5S2. The van der Waals surface area contributed by atoms with E-state index in [4.69, 9.17) is 28.3 Å². The zero-order valence-corrected chi connectivity index (χ0v) is 18.7. The molecule has 1 aliphatic rings. The van der Waals surface area contributed by atoms with Crippen molar-refractivity contribution in [2.24, 2.45) is 5.14 Å². The van der Waals surface area contributed by atoms with E-state index < -0.39 is 26.0 Å². The van der Waals surface area contributed by atoms with Gasteiger partial charge in [-0.2, -0.15) is 0 Å². The molecular weight excluding hydrogens is 473 g/mol. The summed E-state index contributed by atoms with van der Waals surface area (Å²) < 4.78 is 50.7. The van der Waals surface area contributed by atoms with Gasteiger partial charge in [-0.05, 0) is 49.2 Å². The maximum absolute atomic E-state index is 12.7. The van der Waals surface area contributed by atoms with Crippen molar-refractivity contribution in [2.45, 2.75) is 41.5 Å². The summed E-state index contributed by atoms with van der Waals surface area (Å²) in [5.41, 5.74) is 0.176. The van der Waals surface area contributed by atoms with Gasteiger partial charge >= 0.3 is 0 Å². The lowest BCUT2D eigenvalue weighted by molar-refractivity contribution is 0.102. The van der Waals surface area contributed by atoms with E-state index in [0.717, 1.165) is 31.7 Å². The van der Waals surface area contributed by atoms with Crippen molar-refractivity contribution >= 4 is 54.8 Å². The van der Waals surface area contributed by atoms with Crippen LogP contribution in [0.25, 0.3) is 0 Å². The number of nitrogens with two attached hydrogens (primary N) is 1. The van der Waals surface area contributed by atoms with Crippen molar-refractivity contribution in [3.05, 3.63) is 52.0 Å². The molecule has 1 amide bonds. The molecule has 12 heteroatoms. The van der Waals surface area contributed by atoms with E-state index in [-0.39, 0.29) is 37.1 Å². The monoisotopic (exact) mass is 491 g/mol. The molecule has 0 atom stereocenters. The Morgan fingerprint density at radius 2 is 1.57 bits per heavy atom. The van der Waals surface area contributed by atoms with Gasteiger partial charge in [0.25, 0.3) is 5.91 Å². The Morgan fingerprint density at radius 1 is 0.967 bits per heavy atom. The van der Waals surface area contributed by atoms with Gasteiger partial charge in [0.05, 0.1) is 20.5 Å². The fourth-order valence-electron chi connectivity index (χ4n) is 3.16. The molecule has 2 aromatic carbocycles. The number of carbonyl (C=O) groups excluding carboxylic acids is 1. The highest BCUT2D eigenvalue weighted by atomic mass is 35.5. The maximum atomic E-state index is 12.7. The van der Waals surface area contributed by atoms with Crippen molar-refractivity contribution in [2.75, 3.05) is 5.32 Å². The first-order chi connectivity index (χ1) is 14.0. The lowest BCUT2D eigenvalue weighted by Gasteiger charge is -2.15. The number of benzene rings is 2. The Kier molecular flexibility index (Phi) is 6.75. The van der Waals surface area contributed by atoms with Gasteiger partial charge in [-0.3, -0.25) is 4.79 Å². The molecule has 0 saturated heterocycles. The molecule has 4 N–H and O–H groups in total. The number of anilines is 1. The van der Waals surface area contributed by atoms with Crippen molar-refractivity contribution in [3.63, 3.8) is 0 Å². The predicted molar refractivity (Wildman–Crippen MR) is 115 cm³/mol. The summed E-state index contributed by atoms with van der Waals surface area (Å²) in [4.78, 5) is 12.3. The van der Waals surface area contributed by atoms with E-state index in [1.54, 1.807) is 0 Å². The zero-order valence-electron chi connectivity index (χ0n) is 15.6. The Bertz CT molecular complexity index is 1180. The van der Waals surface area contributed by atoms with Crippen LogP contribution in [0.3, 0.4) is 0 Å². The molecule has 0 unspecified atom stereocenters. The maximum Gasteiger partial charge on any atom is 0.257 e. The molecule has 30 heavy (non-hydrogen) atoms. The normalized spacial score (nSPS) is 15.3. The first-order valence-corrected chi connectivity index (χ1v) is 12.7. The Morgan fingerprint density at radius 3 is 2.13 bits per heavy atom. The van der Waals surface area contributed by atoms with Gasteiger partial charge in [0.15, 0.2) is 0 Å². The topological polar surface area (TPSA) is 135 Å². The van der Waals surface area contributed by atoms with Crippen molar-refractivity contribution < 1.29 is 21.6 Å². The Balaban J connectivity index is 1.86. The fourth-order valence-corrected chi connectivity index (χ4v) is 5.84. The molecule has 0 aromatic heterocycles. The molecule has 1 fully saturated rings. The zero-order chi connectivity index (χ0) is 22.1. The number of halogens is 2. The van der Waals surface area contributed by atoms with E-state index in [0.29, 0.717) is 0 Å². The van der Waals surface area contributed by atoms with E-state index >= 15 is 0 Å². The highest BCUT2D eigenvalue weighted by molar-refractivity contribution is 7.89. The largest absolute Gasteiger partial charge is 0.322 e. The quantitative estimate of drug-likeness (QED) is 0.570. The van der Waals surface area contributed by atoms with Crippen LogP contribution in [0.15, 0.2) is 46.2 Å². The van der Waals surface area contributed by atoms with Crippen LogP contribution in [0.5, 0.6) is 0 Å². The van der Waals surface area contributed by atoms with Gasteiger partial charge in [-0.1, -0.05) is 36.0 Å². The Labute approximate surface area is 184 Å². The molecule has 0 radical (unpaired) electrons. The second-order valence-electron chi connectivity index (χ2n) is 6.89. The minimum atomic E-state index is -3.94. The number of hydrogen-bond donors (Lipinski definition) is 3. The molecule has 1 aliphatic carbocycles. The third-order valence-corrected chi connectivity index (χ3v) is 7.90. The molecule has 0 spiro atoms. The van der Waals surface area contributed by atoms with Crippen LogP contribution in [0.4, 0.5) is 5.69 Å². The van der Waals surface area contributed by atoms with Crippen LogP contribution in [-0.2, 0) is 20.0 Å². The summed E-state index contributed by atoms with van der Waals surface area (Å²) in [6, 6.07) is 7.31. The van der Waals surface area contributed by atoms with Crippen molar-refractivity contribution in [1.29, 1.82) is 0 Å². The average Bonchev–Trinajstić information content (AvgIpc) is 3.13. The summed E-state index contributed by atoms with van der Waals surface area (Å²) in [5.74, 6) is -0.683. The van der Waals surface area contributed by atoms with E-state index in [1.807, 2.05) is 0 Å². The number of sulfonamides is 2.